The van der Waals surface area contributed by atoms with E-state index in [4.69, 9.17) is 4.74 Å². The zero-order valence-corrected chi connectivity index (χ0v) is 14.0. The Morgan fingerprint density at radius 1 is 1.09 bits per heavy atom. The van der Waals surface area contributed by atoms with E-state index >= 15 is 0 Å². The molecule has 0 amide bonds. The standard InChI is InChI=1S/C19H26O3/c1-14(2)8-7-9-15(3)12-13-22-19(21)18-11-6-5-10-17(18)16(4)20/h5-6,8,10-11,15H,7,9,12-13H2,1-4H3. The minimum absolute atomic E-state index is 0.123. The van der Waals surface area contributed by atoms with E-state index in [9.17, 15) is 9.59 Å². The number of hydrogen-bond donors (Lipinski definition) is 0. The Kier molecular flexibility index (Phi) is 7.58. The molecule has 1 unspecified atom stereocenters. The van der Waals surface area contributed by atoms with Crippen LogP contribution < -0.4 is 0 Å². The molecule has 0 aliphatic rings. The van der Waals surface area contributed by atoms with Crippen LogP contribution >= 0.6 is 0 Å². The van der Waals surface area contributed by atoms with Gasteiger partial charge in [-0.25, -0.2) is 4.79 Å². The van der Waals surface area contributed by atoms with Crippen LogP contribution in [0.5, 0.6) is 0 Å². The molecule has 3 heteroatoms. The third kappa shape index (κ3) is 6.25. The van der Waals surface area contributed by atoms with Crippen LogP contribution in [0, 0.1) is 5.92 Å². The first kappa shape index (κ1) is 18.1. The van der Waals surface area contributed by atoms with Crippen molar-refractivity contribution in [2.75, 3.05) is 6.61 Å². The summed E-state index contributed by atoms with van der Waals surface area (Å²) < 4.78 is 5.31. The van der Waals surface area contributed by atoms with Gasteiger partial charge in [0.25, 0.3) is 0 Å². The molecule has 120 valence electrons. The lowest BCUT2D eigenvalue weighted by Crippen LogP contribution is -2.12. The van der Waals surface area contributed by atoms with Crippen LogP contribution in [0.4, 0.5) is 0 Å². The molecule has 0 bridgehead atoms. The van der Waals surface area contributed by atoms with E-state index < -0.39 is 5.97 Å². The molecule has 0 N–H and O–H groups in total. The smallest absolute Gasteiger partial charge is 0.338 e. The first-order valence-corrected chi connectivity index (χ1v) is 7.82. The fourth-order valence-electron chi connectivity index (χ4n) is 2.20. The van der Waals surface area contributed by atoms with Crippen molar-refractivity contribution in [3.05, 3.63) is 47.0 Å². The summed E-state index contributed by atoms with van der Waals surface area (Å²) in [7, 11) is 0. The third-order valence-electron chi connectivity index (χ3n) is 3.58. The van der Waals surface area contributed by atoms with Crippen molar-refractivity contribution < 1.29 is 14.3 Å². The Morgan fingerprint density at radius 3 is 2.32 bits per heavy atom. The SMILES string of the molecule is CC(=O)c1ccccc1C(=O)OCCC(C)CCC=C(C)C. The molecule has 1 rings (SSSR count). The first-order valence-electron chi connectivity index (χ1n) is 7.82. The second-order valence-electron chi connectivity index (χ2n) is 5.99. The number of benzene rings is 1. The molecule has 0 saturated heterocycles. The Balaban J connectivity index is 2.44. The summed E-state index contributed by atoms with van der Waals surface area (Å²) in [5.41, 5.74) is 2.11. The summed E-state index contributed by atoms with van der Waals surface area (Å²) >= 11 is 0. The van der Waals surface area contributed by atoms with Gasteiger partial charge < -0.3 is 4.74 Å². The number of esters is 1. The van der Waals surface area contributed by atoms with Crippen molar-refractivity contribution in [1.82, 2.24) is 0 Å². The van der Waals surface area contributed by atoms with Gasteiger partial charge in [0.1, 0.15) is 0 Å². The minimum Gasteiger partial charge on any atom is -0.462 e. The second kappa shape index (κ2) is 9.19. The van der Waals surface area contributed by atoms with Gasteiger partial charge in [-0.3, -0.25) is 4.79 Å². The second-order valence-corrected chi connectivity index (χ2v) is 5.99. The van der Waals surface area contributed by atoms with E-state index in [-0.39, 0.29) is 5.78 Å². The highest BCUT2D eigenvalue weighted by Gasteiger charge is 2.15. The van der Waals surface area contributed by atoms with Gasteiger partial charge in [-0.15, -0.1) is 0 Å². The topological polar surface area (TPSA) is 43.4 Å². The van der Waals surface area contributed by atoms with Gasteiger partial charge in [-0.2, -0.15) is 0 Å². The van der Waals surface area contributed by atoms with Crippen molar-refractivity contribution in [3.63, 3.8) is 0 Å². The lowest BCUT2D eigenvalue weighted by atomic mass is 10.0. The molecule has 0 radical (unpaired) electrons. The van der Waals surface area contributed by atoms with Gasteiger partial charge in [-0.05, 0) is 52.0 Å². The minimum atomic E-state index is -0.415. The van der Waals surface area contributed by atoms with Gasteiger partial charge in [0.15, 0.2) is 5.78 Å². The fourth-order valence-corrected chi connectivity index (χ4v) is 2.20. The molecule has 1 aromatic carbocycles. The molecule has 0 aliphatic carbocycles. The highest BCUT2D eigenvalue weighted by atomic mass is 16.5. The van der Waals surface area contributed by atoms with Crippen molar-refractivity contribution >= 4 is 11.8 Å². The highest BCUT2D eigenvalue weighted by Crippen LogP contribution is 2.14. The third-order valence-corrected chi connectivity index (χ3v) is 3.58. The van der Waals surface area contributed by atoms with Crippen molar-refractivity contribution in [2.45, 2.75) is 47.0 Å². The van der Waals surface area contributed by atoms with E-state index in [0.717, 1.165) is 19.3 Å². The van der Waals surface area contributed by atoms with Gasteiger partial charge >= 0.3 is 5.97 Å². The highest BCUT2D eigenvalue weighted by molar-refractivity contribution is 6.05. The molecule has 1 atom stereocenters. The van der Waals surface area contributed by atoms with E-state index in [2.05, 4.69) is 26.8 Å². The molecule has 0 heterocycles. The zero-order chi connectivity index (χ0) is 16.5. The lowest BCUT2D eigenvalue weighted by Gasteiger charge is -2.11. The number of carbonyl (C=O) groups excluding carboxylic acids is 2. The Hall–Kier alpha value is -1.90. The number of ether oxygens (including phenoxy) is 1. The lowest BCUT2D eigenvalue weighted by molar-refractivity contribution is 0.0481. The molecule has 1 aromatic rings. The van der Waals surface area contributed by atoms with Crippen LogP contribution in [0.2, 0.25) is 0 Å². The molecule has 0 aliphatic heterocycles. The summed E-state index contributed by atoms with van der Waals surface area (Å²) in [6.45, 7) is 8.20. The molecule has 0 fully saturated rings. The Morgan fingerprint density at radius 2 is 1.73 bits per heavy atom. The number of Topliss-reactive ketones (excluding diaryl/α,β-unsaturated/α-hetero) is 1. The van der Waals surface area contributed by atoms with E-state index in [0.29, 0.717) is 23.7 Å². The molecule has 0 spiro atoms. The van der Waals surface area contributed by atoms with E-state index in [1.807, 2.05) is 0 Å². The predicted octanol–water partition coefficient (Wildman–Crippen LogP) is 4.82. The largest absolute Gasteiger partial charge is 0.462 e. The number of ketones is 1. The number of hydrogen-bond acceptors (Lipinski definition) is 3. The van der Waals surface area contributed by atoms with Crippen LogP contribution in [0.15, 0.2) is 35.9 Å². The van der Waals surface area contributed by atoms with Crippen LogP contribution in [-0.2, 0) is 4.74 Å². The average molecular weight is 302 g/mol. The molecule has 0 saturated carbocycles. The fraction of sp³-hybridized carbons (Fsp3) is 0.474. The van der Waals surface area contributed by atoms with E-state index in [1.165, 1.54) is 12.5 Å². The van der Waals surface area contributed by atoms with E-state index in [1.54, 1.807) is 24.3 Å². The van der Waals surface area contributed by atoms with Gasteiger partial charge in [0, 0.05) is 5.56 Å². The zero-order valence-electron chi connectivity index (χ0n) is 14.0. The van der Waals surface area contributed by atoms with Gasteiger partial charge in [0.05, 0.1) is 12.2 Å². The summed E-state index contributed by atoms with van der Waals surface area (Å²) in [6, 6.07) is 6.78. The quantitative estimate of drug-likeness (QED) is 0.393. The molecular weight excluding hydrogens is 276 g/mol. The maximum atomic E-state index is 12.1. The summed E-state index contributed by atoms with van der Waals surface area (Å²) in [5, 5.41) is 0. The van der Waals surface area contributed by atoms with Crippen molar-refractivity contribution in [2.24, 2.45) is 5.92 Å². The normalized spacial score (nSPS) is 11.6. The summed E-state index contributed by atoms with van der Waals surface area (Å²) in [4.78, 5) is 23.6. The molecule has 3 nitrogen and oxygen atoms in total. The van der Waals surface area contributed by atoms with Gasteiger partial charge in [-0.1, -0.05) is 36.8 Å². The Bertz CT molecular complexity index is 539. The average Bonchev–Trinajstić information content (AvgIpc) is 2.46. The number of rotatable bonds is 8. The molecular formula is C19H26O3. The van der Waals surface area contributed by atoms with Crippen molar-refractivity contribution in [1.29, 1.82) is 0 Å². The monoisotopic (exact) mass is 302 g/mol. The summed E-state index contributed by atoms with van der Waals surface area (Å²) in [6.07, 6.45) is 5.22. The van der Waals surface area contributed by atoms with Crippen molar-refractivity contribution in [3.8, 4) is 0 Å². The van der Waals surface area contributed by atoms with Crippen LogP contribution in [0.1, 0.15) is 67.7 Å². The number of allylic oxidation sites excluding steroid dienone is 2. The molecule has 22 heavy (non-hydrogen) atoms. The predicted molar refractivity (Wildman–Crippen MR) is 89.2 cm³/mol. The number of carbonyl (C=O) groups is 2. The Labute approximate surface area is 133 Å². The van der Waals surface area contributed by atoms with Gasteiger partial charge in [0.2, 0.25) is 0 Å². The first-order chi connectivity index (χ1) is 10.4. The van der Waals surface area contributed by atoms with Crippen LogP contribution in [0.25, 0.3) is 0 Å². The van der Waals surface area contributed by atoms with Crippen LogP contribution in [-0.4, -0.2) is 18.4 Å². The maximum Gasteiger partial charge on any atom is 0.338 e. The maximum absolute atomic E-state index is 12.1. The summed E-state index contributed by atoms with van der Waals surface area (Å²) in [5.74, 6) is -0.0311. The van der Waals surface area contributed by atoms with Crippen LogP contribution in [0.3, 0.4) is 0 Å². The molecule has 0 aromatic heterocycles.